The zero-order valence-electron chi connectivity index (χ0n) is 17.1. The number of carbonyl (C=O) groups excluding carboxylic acids is 1. The van der Waals surface area contributed by atoms with Gasteiger partial charge in [0.05, 0.1) is 19.3 Å². The lowest BCUT2D eigenvalue weighted by atomic mass is 9.98. The molecule has 1 heterocycles. The van der Waals surface area contributed by atoms with Crippen molar-refractivity contribution in [3.05, 3.63) is 64.7 Å². The van der Waals surface area contributed by atoms with Gasteiger partial charge in [-0.15, -0.1) is 0 Å². The van der Waals surface area contributed by atoms with Gasteiger partial charge in [0.2, 0.25) is 0 Å². The van der Waals surface area contributed by atoms with E-state index in [1.807, 2.05) is 0 Å². The highest BCUT2D eigenvalue weighted by atomic mass is 35.5. The molecule has 29 heavy (non-hydrogen) atoms. The highest BCUT2D eigenvalue weighted by Crippen LogP contribution is 2.24. The molecule has 1 N–H and O–H groups in total. The summed E-state index contributed by atoms with van der Waals surface area (Å²) in [6, 6.07) is 15.8. The number of benzene rings is 2. The minimum atomic E-state index is -0.142. The average Bonchev–Trinajstić information content (AvgIpc) is 2.74. The summed E-state index contributed by atoms with van der Waals surface area (Å²) in [7, 11) is 0. The molecule has 0 spiro atoms. The van der Waals surface area contributed by atoms with Gasteiger partial charge in [0.25, 0.3) is 5.91 Å². The smallest absolute Gasteiger partial charge is 0.258 e. The molecule has 0 aliphatic carbocycles. The van der Waals surface area contributed by atoms with E-state index in [1.165, 1.54) is 11.1 Å². The summed E-state index contributed by atoms with van der Waals surface area (Å²) in [5, 5.41) is 3.66. The molecule has 0 saturated carbocycles. The van der Waals surface area contributed by atoms with Gasteiger partial charge in [0.1, 0.15) is 5.75 Å². The maximum absolute atomic E-state index is 12.3. The summed E-state index contributed by atoms with van der Waals surface area (Å²) in [6.45, 7) is 8.03. The van der Waals surface area contributed by atoms with Crippen LogP contribution in [0, 0.1) is 0 Å². The Hall–Kier alpha value is -2.08. The first-order valence-corrected chi connectivity index (χ1v) is 10.5. The standard InChI is InChI=1S/C23H29ClN2O3/c1-17(2)18-3-5-19(6-4-18)22(26-11-13-28-14-12-26)15-25-23(27)16-29-21-9-7-20(24)8-10-21/h3-10,17,22H,11-16H2,1-2H3,(H,25,27)/t22-/m0/s1. The monoisotopic (exact) mass is 416 g/mol. The van der Waals surface area contributed by atoms with Crippen LogP contribution in [0.25, 0.3) is 0 Å². The number of ether oxygens (including phenoxy) is 2. The molecular formula is C23H29ClN2O3. The largest absolute Gasteiger partial charge is 0.484 e. The quantitative estimate of drug-likeness (QED) is 0.705. The third kappa shape index (κ3) is 6.46. The molecule has 1 aliphatic heterocycles. The fourth-order valence-electron chi connectivity index (χ4n) is 3.39. The molecule has 0 radical (unpaired) electrons. The Labute approximate surface area is 177 Å². The molecule has 3 rings (SSSR count). The van der Waals surface area contributed by atoms with Crippen LogP contribution in [0.15, 0.2) is 48.5 Å². The molecule has 1 saturated heterocycles. The number of nitrogens with one attached hydrogen (secondary N) is 1. The highest BCUT2D eigenvalue weighted by Gasteiger charge is 2.23. The van der Waals surface area contributed by atoms with Gasteiger partial charge in [-0.1, -0.05) is 49.7 Å². The van der Waals surface area contributed by atoms with E-state index in [-0.39, 0.29) is 18.6 Å². The Morgan fingerprint density at radius 3 is 2.31 bits per heavy atom. The van der Waals surface area contributed by atoms with Crippen molar-refractivity contribution in [2.24, 2.45) is 0 Å². The molecule has 2 aromatic carbocycles. The van der Waals surface area contributed by atoms with Crippen LogP contribution in [0.1, 0.15) is 36.9 Å². The van der Waals surface area contributed by atoms with Crippen LogP contribution in [-0.4, -0.2) is 50.3 Å². The van der Waals surface area contributed by atoms with Gasteiger partial charge in [0, 0.05) is 24.7 Å². The van der Waals surface area contributed by atoms with Crippen molar-refractivity contribution in [2.75, 3.05) is 39.5 Å². The SMILES string of the molecule is CC(C)c1ccc([C@H](CNC(=O)COc2ccc(Cl)cc2)N2CCOCC2)cc1. The molecule has 2 aromatic rings. The fourth-order valence-corrected chi connectivity index (χ4v) is 3.52. The Morgan fingerprint density at radius 2 is 1.69 bits per heavy atom. The summed E-state index contributed by atoms with van der Waals surface area (Å²) in [5.74, 6) is 0.978. The van der Waals surface area contributed by atoms with Gasteiger partial charge >= 0.3 is 0 Å². The predicted octanol–water partition coefficient (Wildman–Crippen LogP) is 4.03. The summed E-state index contributed by atoms with van der Waals surface area (Å²) in [5.41, 5.74) is 2.52. The summed E-state index contributed by atoms with van der Waals surface area (Å²) in [4.78, 5) is 14.7. The maximum Gasteiger partial charge on any atom is 0.258 e. The van der Waals surface area contributed by atoms with Crippen LogP contribution in [0.5, 0.6) is 5.75 Å². The molecule has 1 atom stereocenters. The molecule has 0 unspecified atom stereocenters. The van der Waals surface area contributed by atoms with Gasteiger partial charge in [-0.2, -0.15) is 0 Å². The van der Waals surface area contributed by atoms with Gasteiger partial charge in [0.15, 0.2) is 6.61 Å². The number of carbonyl (C=O) groups is 1. The fraction of sp³-hybridized carbons (Fsp3) is 0.435. The van der Waals surface area contributed by atoms with E-state index in [0.717, 1.165) is 13.1 Å². The van der Waals surface area contributed by atoms with Crippen molar-refractivity contribution >= 4 is 17.5 Å². The van der Waals surface area contributed by atoms with E-state index in [2.05, 4.69) is 48.3 Å². The number of amides is 1. The summed E-state index contributed by atoms with van der Waals surface area (Å²) < 4.78 is 11.0. The van der Waals surface area contributed by atoms with Crippen molar-refractivity contribution in [2.45, 2.75) is 25.8 Å². The van der Waals surface area contributed by atoms with Crippen LogP contribution in [0.4, 0.5) is 0 Å². The van der Waals surface area contributed by atoms with Gasteiger partial charge in [-0.25, -0.2) is 0 Å². The molecular weight excluding hydrogens is 388 g/mol. The van der Waals surface area contributed by atoms with Gasteiger partial charge in [-0.05, 0) is 41.3 Å². The van der Waals surface area contributed by atoms with Gasteiger partial charge < -0.3 is 14.8 Å². The van der Waals surface area contributed by atoms with Crippen molar-refractivity contribution < 1.29 is 14.3 Å². The topological polar surface area (TPSA) is 50.8 Å². The summed E-state index contributed by atoms with van der Waals surface area (Å²) >= 11 is 5.87. The third-order valence-electron chi connectivity index (χ3n) is 5.15. The van der Waals surface area contributed by atoms with Crippen LogP contribution in [0.2, 0.25) is 5.02 Å². The van der Waals surface area contributed by atoms with E-state index in [1.54, 1.807) is 24.3 Å². The predicted molar refractivity (Wildman–Crippen MR) is 116 cm³/mol. The molecule has 0 aromatic heterocycles. The molecule has 1 fully saturated rings. The lowest BCUT2D eigenvalue weighted by Crippen LogP contribution is -2.44. The van der Waals surface area contributed by atoms with Crippen molar-refractivity contribution in [1.82, 2.24) is 10.2 Å². The zero-order chi connectivity index (χ0) is 20.6. The van der Waals surface area contributed by atoms with Crippen LogP contribution in [-0.2, 0) is 9.53 Å². The number of hydrogen-bond acceptors (Lipinski definition) is 4. The number of halogens is 1. The second-order valence-electron chi connectivity index (χ2n) is 7.53. The van der Waals surface area contributed by atoms with Crippen molar-refractivity contribution in [3.63, 3.8) is 0 Å². The summed E-state index contributed by atoms with van der Waals surface area (Å²) in [6.07, 6.45) is 0. The van der Waals surface area contributed by atoms with E-state index < -0.39 is 0 Å². The van der Waals surface area contributed by atoms with E-state index in [4.69, 9.17) is 21.1 Å². The Balaban J connectivity index is 1.60. The number of morpholine rings is 1. The van der Waals surface area contributed by atoms with E-state index in [9.17, 15) is 4.79 Å². The lowest BCUT2D eigenvalue weighted by Gasteiger charge is -2.35. The van der Waals surface area contributed by atoms with Crippen LogP contribution >= 0.6 is 11.6 Å². The normalized spacial score (nSPS) is 15.9. The first-order chi connectivity index (χ1) is 14.0. The second kappa shape index (κ2) is 10.6. The second-order valence-corrected chi connectivity index (χ2v) is 7.97. The van der Waals surface area contributed by atoms with Crippen molar-refractivity contribution in [3.8, 4) is 5.75 Å². The molecule has 5 nitrogen and oxygen atoms in total. The number of hydrogen-bond donors (Lipinski definition) is 1. The molecule has 6 heteroatoms. The molecule has 156 valence electrons. The minimum Gasteiger partial charge on any atom is -0.484 e. The first-order valence-electron chi connectivity index (χ1n) is 10.1. The molecule has 0 bridgehead atoms. The zero-order valence-corrected chi connectivity index (χ0v) is 17.8. The van der Waals surface area contributed by atoms with Crippen molar-refractivity contribution in [1.29, 1.82) is 0 Å². The van der Waals surface area contributed by atoms with Crippen LogP contribution < -0.4 is 10.1 Å². The average molecular weight is 417 g/mol. The van der Waals surface area contributed by atoms with Gasteiger partial charge in [-0.3, -0.25) is 9.69 Å². The Morgan fingerprint density at radius 1 is 1.07 bits per heavy atom. The Bertz CT molecular complexity index is 772. The maximum atomic E-state index is 12.3. The third-order valence-corrected chi connectivity index (χ3v) is 5.40. The first kappa shape index (κ1) is 21.6. The lowest BCUT2D eigenvalue weighted by molar-refractivity contribution is -0.123. The number of nitrogens with zero attached hydrogens (tertiary/aromatic N) is 1. The number of rotatable bonds is 8. The Kier molecular flexibility index (Phi) is 7.92. The van der Waals surface area contributed by atoms with E-state index in [0.29, 0.717) is 36.4 Å². The molecule has 1 amide bonds. The minimum absolute atomic E-state index is 0.0241. The van der Waals surface area contributed by atoms with E-state index >= 15 is 0 Å². The molecule has 1 aliphatic rings. The highest BCUT2D eigenvalue weighted by molar-refractivity contribution is 6.30. The van der Waals surface area contributed by atoms with Crippen LogP contribution in [0.3, 0.4) is 0 Å².